The van der Waals surface area contributed by atoms with Crippen LogP contribution in [0.15, 0.2) is 65.8 Å². The van der Waals surface area contributed by atoms with E-state index in [1.54, 1.807) is 29.3 Å². The SMILES string of the molecule is CCOc1ccc(F)c(N2CCC(Oc3ccc(N4N=C(c5ccc(C#N)cc5F)[C@@H](C)[C@@H]4CC#N)cc3)CC2)c1. The fourth-order valence-electron chi connectivity index (χ4n) is 5.45. The topological polar surface area (TPSA) is 84.9 Å². The second-order valence-corrected chi connectivity index (χ2v) is 10.2. The number of halogens is 2. The lowest BCUT2D eigenvalue weighted by Crippen LogP contribution is -2.38. The monoisotopic (exact) mass is 555 g/mol. The normalized spacial score (nSPS) is 18.9. The van der Waals surface area contributed by atoms with Crippen molar-refractivity contribution in [2.24, 2.45) is 11.0 Å². The standard InChI is InChI=1S/C32H31F2N5O2/c1-3-40-26-9-11-28(33)31(19-26)38-16-13-25(14-17-38)41-24-7-5-23(6-8-24)39-30(12-15-35)21(2)32(37-39)27-10-4-22(20-36)18-29(27)34/h4-11,18-19,21,25,30H,3,12-14,16-17H2,1-2H3/t21-,30-/m0/s1. The molecule has 1 fully saturated rings. The van der Waals surface area contributed by atoms with Crippen LogP contribution in [-0.4, -0.2) is 37.6 Å². The molecule has 3 aromatic rings. The van der Waals surface area contributed by atoms with Crippen LogP contribution in [0.1, 0.15) is 44.2 Å². The van der Waals surface area contributed by atoms with Crippen LogP contribution in [0.25, 0.3) is 0 Å². The summed E-state index contributed by atoms with van der Waals surface area (Å²) in [6, 6.07) is 20.6. The van der Waals surface area contributed by atoms with E-state index in [9.17, 15) is 14.0 Å². The molecule has 2 heterocycles. The molecule has 0 amide bonds. The highest BCUT2D eigenvalue weighted by molar-refractivity contribution is 6.05. The maximum Gasteiger partial charge on any atom is 0.146 e. The molecule has 2 atom stereocenters. The number of nitrogens with zero attached hydrogens (tertiary/aromatic N) is 5. The molecule has 5 rings (SSSR count). The first-order valence-corrected chi connectivity index (χ1v) is 13.8. The summed E-state index contributed by atoms with van der Waals surface area (Å²) in [6.45, 7) is 5.69. The third kappa shape index (κ3) is 5.95. The van der Waals surface area contributed by atoms with Gasteiger partial charge in [-0.25, -0.2) is 8.78 Å². The average Bonchev–Trinajstić information content (AvgIpc) is 3.30. The molecule has 0 aromatic heterocycles. The van der Waals surface area contributed by atoms with Crippen LogP contribution in [0.2, 0.25) is 0 Å². The number of piperidine rings is 1. The van der Waals surface area contributed by atoms with Crippen molar-refractivity contribution in [3.05, 3.63) is 83.4 Å². The Morgan fingerprint density at radius 2 is 1.68 bits per heavy atom. The lowest BCUT2D eigenvalue weighted by Gasteiger charge is -2.34. The zero-order chi connectivity index (χ0) is 28.9. The first kappa shape index (κ1) is 27.9. The van der Waals surface area contributed by atoms with Crippen molar-refractivity contribution < 1.29 is 18.3 Å². The molecule has 0 aliphatic carbocycles. The number of anilines is 2. The van der Waals surface area contributed by atoms with E-state index in [1.807, 2.05) is 49.1 Å². The molecule has 2 aliphatic rings. The molecule has 0 radical (unpaired) electrons. The van der Waals surface area contributed by atoms with Gasteiger partial charge in [-0.2, -0.15) is 15.6 Å². The molecule has 2 aliphatic heterocycles. The van der Waals surface area contributed by atoms with Gasteiger partial charge in [-0.15, -0.1) is 0 Å². The van der Waals surface area contributed by atoms with Gasteiger partial charge in [0.1, 0.15) is 29.2 Å². The summed E-state index contributed by atoms with van der Waals surface area (Å²) in [5, 5.41) is 25.0. The van der Waals surface area contributed by atoms with Gasteiger partial charge in [0.05, 0.1) is 53.9 Å². The fraction of sp³-hybridized carbons (Fsp3) is 0.344. The van der Waals surface area contributed by atoms with Crippen LogP contribution in [-0.2, 0) is 0 Å². The molecule has 210 valence electrons. The van der Waals surface area contributed by atoms with E-state index >= 15 is 0 Å². The van der Waals surface area contributed by atoms with Gasteiger partial charge in [0.25, 0.3) is 0 Å². The Morgan fingerprint density at radius 1 is 0.951 bits per heavy atom. The van der Waals surface area contributed by atoms with Crippen molar-refractivity contribution in [2.45, 2.75) is 45.3 Å². The number of rotatable bonds is 8. The van der Waals surface area contributed by atoms with Crippen molar-refractivity contribution in [3.63, 3.8) is 0 Å². The predicted molar refractivity (Wildman–Crippen MR) is 153 cm³/mol. The number of ether oxygens (including phenoxy) is 2. The summed E-state index contributed by atoms with van der Waals surface area (Å²) < 4.78 is 41.1. The average molecular weight is 556 g/mol. The highest BCUT2D eigenvalue weighted by Crippen LogP contribution is 2.35. The predicted octanol–water partition coefficient (Wildman–Crippen LogP) is 6.43. The Hall–Kier alpha value is -4.63. The number of hydrogen-bond donors (Lipinski definition) is 0. The third-order valence-electron chi connectivity index (χ3n) is 7.63. The van der Waals surface area contributed by atoms with Gasteiger partial charge in [0.15, 0.2) is 0 Å². The molecule has 0 N–H and O–H groups in total. The minimum absolute atomic E-state index is 0.00244. The summed E-state index contributed by atoms with van der Waals surface area (Å²) in [6.07, 6.45) is 1.71. The molecule has 0 unspecified atom stereocenters. The largest absolute Gasteiger partial charge is 0.494 e. The van der Waals surface area contributed by atoms with Gasteiger partial charge in [0.2, 0.25) is 0 Å². The van der Waals surface area contributed by atoms with Crippen LogP contribution < -0.4 is 19.4 Å². The van der Waals surface area contributed by atoms with Crippen molar-refractivity contribution in [2.75, 3.05) is 29.6 Å². The van der Waals surface area contributed by atoms with Crippen molar-refractivity contribution >= 4 is 17.1 Å². The van der Waals surface area contributed by atoms with E-state index in [1.165, 1.54) is 12.1 Å². The zero-order valence-electron chi connectivity index (χ0n) is 23.1. The smallest absolute Gasteiger partial charge is 0.146 e. The van der Waals surface area contributed by atoms with E-state index in [0.717, 1.165) is 18.5 Å². The van der Waals surface area contributed by atoms with Crippen LogP contribution in [0, 0.1) is 40.2 Å². The van der Waals surface area contributed by atoms with E-state index in [2.05, 4.69) is 6.07 Å². The molecule has 0 saturated carbocycles. The van der Waals surface area contributed by atoms with Gasteiger partial charge in [-0.1, -0.05) is 6.92 Å². The number of nitriles is 2. The molecule has 0 bridgehead atoms. The van der Waals surface area contributed by atoms with Crippen LogP contribution in [0.5, 0.6) is 11.5 Å². The number of hydrazone groups is 1. The van der Waals surface area contributed by atoms with Gasteiger partial charge >= 0.3 is 0 Å². The summed E-state index contributed by atoms with van der Waals surface area (Å²) in [5.74, 6) is 0.402. The van der Waals surface area contributed by atoms with E-state index in [4.69, 9.17) is 19.8 Å². The second-order valence-electron chi connectivity index (χ2n) is 10.2. The lowest BCUT2D eigenvalue weighted by molar-refractivity contribution is 0.170. The fourth-order valence-corrected chi connectivity index (χ4v) is 5.45. The van der Waals surface area contributed by atoms with Crippen LogP contribution in [0.4, 0.5) is 20.2 Å². The first-order chi connectivity index (χ1) is 19.9. The second kappa shape index (κ2) is 12.3. The first-order valence-electron chi connectivity index (χ1n) is 13.8. The van der Waals surface area contributed by atoms with Crippen molar-refractivity contribution in [1.82, 2.24) is 0 Å². The number of benzene rings is 3. The van der Waals surface area contributed by atoms with Crippen LogP contribution in [0.3, 0.4) is 0 Å². The maximum absolute atomic E-state index is 14.8. The molecular weight excluding hydrogens is 524 g/mol. The Balaban J connectivity index is 1.26. The highest BCUT2D eigenvalue weighted by Gasteiger charge is 2.36. The summed E-state index contributed by atoms with van der Waals surface area (Å²) in [5.41, 5.74) is 2.44. The maximum atomic E-state index is 14.8. The summed E-state index contributed by atoms with van der Waals surface area (Å²) in [7, 11) is 0. The molecular formula is C32H31F2N5O2. The van der Waals surface area contributed by atoms with Crippen molar-refractivity contribution in [1.29, 1.82) is 10.5 Å². The third-order valence-corrected chi connectivity index (χ3v) is 7.63. The molecule has 1 saturated heterocycles. The number of hydrogen-bond acceptors (Lipinski definition) is 7. The Kier molecular flexibility index (Phi) is 8.35. The highest BCUT2D eigenvalue weighted by atomic mass is 19.1. The molecule has 0 spiro atoms. The van der Waals surface area contributed by atoms with Gasteiger partial charge < -0.3 is 14.4 Å². The molecule has 3 aromatic carbocycles. The Labute approximate surface area is 238 Å². The summed E-state index contributed by atoms with van der Waals surface area (Å²) >= 11 is 0. The van der Waals surface area contributed by atoms with Crippen LogP contribution >= 0.6 is 0 Å². The van der Waals surface area contributed by atoms with E-state index in [0.29, 0.717) is 48.2 Å². The molecule has 41 heavy (non-hydrogen) atoms. The Morgan fingerprint density at radius 3 is 2.34 bits per heavy atom. The zero-order valence-corrected chi connectivity index (χ0v) is 23.1. The minimum atomic E-state index is -0.508. The Bertz CT molecular complexity index is 1500. The minimum Gasteiger partial charge on any atom is -0.494 e. The summed E-state index contributed by atoms with van der Waals surface area (Å²) in [4.78, 5) is 2.02. The quantitative estimate of drug-likeness (QED) is 0.319. The molecule has 9 heteroatoms. The molecule has 7 nitrogen and oxygen atoms in total. The van der Waals surface area contributed by atoms with E-state index < -0.39 is 5.82 Å². The van der Waals surface area contributed by atoms with Gasteiger partial charge in [-0.05, 0) is 61.5 Å². The van der Waals surface area contributed by atoms with Crippen molar-refractivity contribution in [3.8, 4) is 23.6 Å². The van der Waals surface area contributed by atoms with Gasteiger partial charge in [-0.3, -0.25) is 5.01 Å². The van der Waals surface area contributed by atoms with Gasteiger partial charge in [0, 0.05) is 43.5 Å². The van der Waals surface area contributed by atoms with E-state index in [-0.39, 0.29) is 35.9 Å². The lowest BCUT2D eigenvalue weighted by atomic mass is 9.90.